The highest BCUT2D eigenvalue weighted by atomic mass is 14.1. The van der Waals surface area contributed by atoms with Gasteiger partial charge in [0.15, 0.2) is 0 Å². The van der Waals surface area contributed by atoms with Gasteiger partial charge in [0.05, 0.1) is 0 Å². The van der Waals surface area contributed by atoms with Crippen LogP contribution < -0.4 is 0 Å². The van der Waals surface area contributed by atoms with Crippen molar-refractivity contribution in [3.05, 3.63) is 11.6 Å². The van der Waals surface area contributed by atoms with Crippen LogP contribution in [-0.2, 0) is 0 Å². The highest BCUT2D eigenvalue weighted by Gasteiger charge is 2.03. The Labute approximate surface area is 71.7 Å². The molecule has 0 aromatic carbocycles. The molecule has 0 atom stereocenters. The summed E-state index contributed by atoms with van der Waals surface area (Å²) in [4.78, 5) is 0. The van der Waals surface area contributed by atoms with Crippen LogP contribution in [0, 0.1) is 5.92 Å². The van der Waals surface area contributed by atoms with Gasteiger partial charge in [0.1, 0.15) is 0 Å². The van der Waals surface area contributed by atoms with Crippen LogP contribution in [-0.4, -0.2) is 0 Å². The van der Waals surface area contributed by atoms with Crippen molar-refractivity contribution >= 4 is 0 Å². The highest BCUT2D eigenvalue weighted by Crippen LogP contribution is 2.18. The Kier molecular flexibility index (Phi) is 6.30. The van der Waals surface area contributed by atoms with E-state index in [0.29, 0.717) is 0 Å². The molecule has 0 saturated heterocycles. The zero-order valence-electron chi connectivity index (χ0n) is 8.48. The third-order valence-corrected chi connectivity index (χ3v) is 2.38. The monoisotopic (exact) mass is 154 g/mol. The van der Waals surface area contributed by atoms with Crippen LogP contribution in [0.5, 0.6) is 0 Å². The largest absolute Gasteiger partial charge is 0.0853 e. The lowest BCUT2D eigenvalue weighted by Crippen LogP contribution is -1.97. The van der Waals surface area contributed by atoms with E-state index in [2.05, 4.69) is 33.8 Å². The van der Waals surface area contributed by atoms with E-state index in [1.54, 1.807) is 5.57 Å². The molecule has 0 bridgehead atoms. The molecule has 0 aromatic heterocycles. The Morgan fingerprint density at radius 3 is 2.09 bits per heavy atom. The minimum Gasteiger partial charge on any atom is -0.0853 e. The molecule has 0 radical (unpaired) electrons. The first kappa shape index (κ1) is 10.7. The Bertz CT molecular complexity index is 107. The van der Waals surface area contributed by atoms with Crippen LogP contribution >= 0.6 is 0 Å². The molecular weight excluding hydrogens is 132 g/mol. The quantitative estimate of drug-likeness (QED) is 0.521. The van der Waals surface area contributed by atoms with E-state index in [-0.39, 0.29) is 0 Å². The average molecular weight is 154 g/mol. The second-order valence-electron chi connectivity index (χ2n) is 3.25. The van der Waals surface area contributed by atoms with Crippen molar-refractivity contribution in [3.8, 4) is 0 Å². The third-order valence-electron chi connectivity index (χ3n) is 2.38. The summed E-state index contributed by atoms with van der Waals surface area (Å²) in [7, 11) is 0. The zero-order chi connectivity index (χ0) is 8.69. The van der Waals surface area contributed by atoms with Crippen LogP contribution in [0.25, 0.3) is 0 Å². The van der Waals surface area contributed by atoms with Gasteiger partial charge in [-0.3, -0.25) is 0 Å². The summed E-state index contributed by atoms with van der Waals surface area (Å²) in [6, 6.07) is 0. The molecule has 11 heavy (non-hydrogen) atoms. The van der Waals surface area contributed by atoms with Crippen molar-refractivity contribution < 1.29 is 0 Å². The summed E-state index contributed by atoms with van der Waals surface area (Å²) in [5, 5.41) is 0. The minimum atomic E-state index is 0.835. The average Bonchev–Trinajstić information content (AvgIpc) is 2.03. The SMILES string of the molecule is CCC/C=C(\C)C(CC)CC. The molecule has 0 nitrogen and oxygen atoms in total. The second-order valence-corrected chi connectivity index (χ2v) is 3.25. The fourth-order valence-electron chi connectivity index (χ4n) is 1.47. The van der Waals surface area contributed by atoms with Gasteiger partial charge < -0.3 is 0 Å². The first-order valence-corrected chi connectivity index (χ1v) is 4.92. The minimum absolute atomic E-state index is 0.835. The normalized spacial score (nSPS) is 12.6. The van der Waals surface area contributed by atoms with E-state index in [1.165, 1.54) is 25.7 Å². The van der Waals surface area contributed by atoms with Gasteiger partial charge in [-0.05, 0) is 32.1 Å². The molecule has 0 spiro atoms. The Morgan fingerprint density at radius 2 is 1.73 bits per heavy atom. The lowest BCUT2D eigenvalue weighted by molar-refractivity contribution is 0.569. The van der Waals surface area contributed by atoms with Gasteiger partial charge in [-0.2, -0.15) is 0 Å². The van der Waals surface area contributed by atoms with Crippen LogP contribution in [0.4, 0.5) is 0 Å². The number of rotatable bonds is 5. The Hall–Kier alpha value is -0.260. The first-order valence-electron chi connectivity index (χ1n) is 4.92. The van der Waals surface area contributed by atoms with E-state index < -0.39 is 0 Å². The van der Waals surface area contributed by atoms with E-state index in [1.807, 2.05) is 0 Å². The van der Waals surface area contributed by atoms with Crippen molar-refractivity contribution in [3.63, 3.8) is 0 Å². The first-order chi connectivity index (χ1) is 5.26. The Balaban J connectivity index is 3.85. The fraction of sp³-hybridized carbons (Fsp3) is 0.818. The molecule has 0 fully saturated rings. The van der Waals surface area contributed by atoms with Crippen LogP contribution in [0.2, 0.25) is 0 Å². The number of hydrogen-bond donors (Lipinski definition) is 0. The summed E-state index contributed by atoms with van der Waals surface area (Å²) >= 11 is 0. The summed E-state index contributed by atoms with van der Waals surface area (Å²) in [6.45, 7) is 9.05. The van der Waals surface area contributed by atoms with Crippen molar-refractivity contribution in [2.45, 2.75) is 53.4 Å². The van der Waals surface area contributed by atoms with E-state index >= 15 is 0 Å². The third kappa shape index (κ3) is 4.23. The van der Waals surface area contributed by atoms with Gasteiger partial charge in [0.25, 0.3) is 0 Å². The Morgan fingerprint density at radius 1 is 1.18 bits per heavy atom. The maximum absolute atomic E-state index is 2.40. The van der Waals surface area contributed by atoms with E-state index in [4.69, 9.17) is 0 Å². The topological polar surface area (TPSA) is 0 Å². The van der Waals surface area contributed by atoms with E-state index in [9.17, 15) is 0 Å². The number of hydrogen-bond acceptors (Lipinski definition) is 0. The maximum atomic E-state index is 2.40. The lowest BCUT2D eigenvalue weighted by Gasteiger charge is -2.12. The molecule has 0 unspecified atom stereocenters. The molecule has 0 aliphatic carbocycles. The van der Waals surface area contributed by atoms with Crippen molar-refractivity contribution in [1.82, 2.24) is 0 Å². The van der Waals surface area contributed by atoms with Crippen LogP contribution in [0.3, 0.4) is 0 Å². The summed E-state index contributed by atoms with van der Waals surface area (Å²) in [5.41, 5.74) is 1.59. The molecule has 0 heterocycles. The molecule has 0 heteroatoms. The van der Waals surface area contributed by atoms with Crippen LogP contribution in [0.15, 0.2) is 11.6 Å². The summed E-state index contributed by atoms with van der Waals surface area (Å²) in [6.07, 6.45) is 7.52. The van der Waals surface area contributed by atoms with Gasteiger partial charge in [-0.15, -0.1) is 0 Å². The van der Waals surface area contributed by atoms with Gasteiger partial charge >= 0.3 is 0 Å². The predicted molar refractivity (Wildman–Crippen MR) is 52.7 cm³/mol. The molecule has 0 rings (SSSR count). The number of unbranched alkanes of at least 4 members (excludes halogenated alkanes) is 1. The van der Waals surface area contributed by atoms with Gasteiger partial charge in [0, 0.05) is 0 Å². The van der Waals surface area contributed by atoms with Gasteiger partial charge in [0.2, 0.25) is 0 Å². The predicted octanol–water partition coefficient (Wildman–Crippen LogP) is 4.17. The fourth-order valence-corrected chi connectivity index (χ4v) is 1.47. The molecule has 0 aliphatic rings. The molecule has 0 aliphatic heterocycles. The maximum Gasteiger partial charge on any atom is -0.0211 e. The summed E-state index contributed by atoms with van der Waals surface area (Å²) in [5.74, 6) is 0.835. The molecule has 0 amide bonds. The highest BCUT2D eigenvalue weighted by molar-refractivity contribution is 5.02. The second kappa shape index (κ2) is 6.45. The van der Waals surface area contributed by atoms with Crippen LogP contribution in [0.1, 0.15) is 53.4 Å². The van der Waals surface area contributed by atoms with Crippen molar-refractivity contribution in [1.29, 1.82) is 0 Å². The molecule has 66 valence electrons. The number of allylic oxidation sites excluding steroid dienone is 2. The molecular formula is C11H22. The van der Waals surface area contributed by atoms with Crippen molar-refractivity contribution in [2.75, 3.05) is 0 Å². The van der Waals surface area contributed by atoms with Gasteiger partial charge in [-0.25, -0.2) is 0 Å². The summed E-state index contributed by atoms with van der Waals surface area (Å²) < 4.78 is 0. The lowest BCUT2D eigenvalue weighted by atomic mass is 9.94. The standard InChI is InChI=1S/C11H22/c1-5-8-9-10(4)11(6-2)7-3/h9,11H,5-8H2,1-4H3/b10-9+. The van der Waals surface area contributed by atoms with Gasteiger partial charge in [-0.1, -0.05) is 38.8 Å². The molecule has 0 aromatic rings. The zero-order valence-corrected chi connectivity index (χ0v) is 8.48. The van der Waals surface area contributed by atoms with Crippen molar-refractivity contribution in [2.24, 2.45) is 5.92 Å². The molecule has 0 saturated carbocycles. The smallest absolute Gasteiger partial charge is 0.0211 e. The molecule has 0 N–H and O–H groups in total. The van der Waals surface area contributed by atoms with E-state index in [0.717, 1.165) is 5.92 Å².